The molecule has 0 aliphatic carbocycles. The van der Waals surface area contributed by atoms with E-state index in [0.29, 0.717) is 22.9 Å². The van der Waals surface area contributed by atoms with Crippen LogP contribution in [0, 0.1) is 0 Å². The fraction of sp³-hybridized carbons (Fsp3) is 0.250. The molecule has 0 radical (unpaired) electrons. The number of benzene rings is 1. The van der Waals surface area contributed by atoms with E-state index >= 15 is 0 Å². The quantitative estimate of drug-likeness (QED) is 0.788. The number of anilines is 3. The van der Waals surface area contributed by atoms with Gasteiger partial charge in [-0.3, -0.25) is 9.59 Å². The predicted octanol–water partition coefficient (Wildman–Crippen LogP) is 2.51. The predicted molar refractivity (Wildman–Crippen MR) is 89.5 cm³/mol. The Bertz CT molecular complexity index is 681. The molecule has 2 aromatic rings. The molecule has 2 rings (SSSR count). The molecule has 0 unspecified atom stereocenters. The molecular weight excluding hydrogens is 294 g/mol. The molecule has 0 aliphatic rings. The molecule has 7 heteroatoms. The summed E-state index contributed by atoms with van der Waals surface area (Å²) in [6, 6.07) is 7.06. The molecule has 120 valence electrons. The molecule has 7 nitrogen and oxygen atoms in total. The first-order valence-corrected chi connectivity index (χ1v) is 7.21. The number of nitrogens with zero attached hydrogens (tertiary/aromatic N) is 2. The summed E-state index contributed by atoms with van der Waals surface area (Å²) in [6.45, 7) is 5.40. The van der Waals surface area contributed by atoms with Crippen LogP contribution in [0.2, 0.25) is 0 Å². The summed E-state index contributed by atoms with van der Waals surface area (Å²) in [5.74, 6) is 0.0404. The van der Waals surface area contributed by atoms with Crippen LogP contribution in [0.4, 0.5) is 17.3 Å². The standard InChI is InChI=1S/C16H19N5O2/c1-10(2)19-16-17-8-12(9-18-16)15(23)21-14-6-4-13(5-7-14)20-11(3)22/h4-10H,1-3H3,(H,20,22)(H,21,23)(H,17,18,19). The molecule has 23 heavy (non-hydrogen) atoms. The third-order valence-electron chi connectivity index (χ3n) is 2.79. The monoisotopic (exact) mass is 313 g/mol. The Labute approximate surface area is 134 Å². The van der Waals surface area contributed by atoms with E-state index in [9.17, 15) is 9.59 Å². The first-order chi connectivity index (χ1) is 10.9. The summed E-state index contributed by atoms with van der Waals surface area (Å²) in [6.07, 6.45) is 2.94. The van der Waals surface area contributed by atoms with Crippen LogP contribution in [0.1, 0.15) is 31.1 Å². The van der Waals surface area contributed by atoms with Gasteiger partial charge in [-0.05, 0) is 38.1 Å². The molecular formula is C16H19N5O2. The van der Waals surface area contributed by atoms with Crippen molar-refractivity contribution in [3.63, 3.8) is 0 Å². The fourth-order valence-corrected chi connectivity index (χ4v) is 1.82. The van der Waals surface area contributed by atoms with Gasteiger partial charge in [0, 0.05) is 36.7 Å². The van der Waals surface area contributed by atoms with Crippen LogP contribution in [0.3, 0.4) is 0 Å². The molecule has 0 spiro atoms. The lowest BCUT2D eigenvalue weighted by atomic mass is 10.2. The highest BCUT2D eigenvalue weighted by molar-refractivity contribution is 6.04. The Balaban J connectivity index is 1.99. The maximum Gasteiger partial charge on any atom is 0.258 e. The van der Waals surface area contributed by atoms with Gasteiger partial charge < -0.3 is 16.0 Å². The van der Waals surface area contributed by atoms with Crippen molar-refractivity contribution in [1.29, 1.82) is 0 Å². The van der Waals surface area contributed by atoms with E-state index in [2.05, 4.69) is 25.9 Å². The van der Waals surface area contributed by atoms with Gasteiger partial charge in [-0.25, -0.2) is 9.97 Å². The number of carbonyl (C=O) groups is 2. The highest BCUT2D eigenvalue weighted by Crippen LogP contribution is 2.14. The average Bonchev–Trinajstić information content (AvgIpc) is 2.49. The van der Waals surface area contributed by atoms with Crippen LogP contribution in [0.5, 0.6) is 0 Å². The number of hydrogen-bond acceptors (Lipinski definition) is 5. The molecule has 2 amide bonds. The lowest BCUT2D eigenvalue weighted by Crippen LogP contribution is -2.15. The summed E-state index contributed by atoms with van der Waals surface area (Å²) in [4.78, 5) is 31.3. The van der Waals surface area contributed by atoms with E-state index in [1.807, 2.05) is 13.8 Å². The van der Waals surface area contributed by atoms with Crippen molar-refractivity contribution in [1.82, 2.24) is 9.97 Å². The van der Waals surface area contributed by atoms with E-state index in [-0.39, 0.29) is 17.9 Å². The van der Waals surface area contributed by atoms with E-state index in [4.69, 9.17) is 0 Å². The van der Waals surface area contributed by atoms with E-state index in [1.54, 1.807) is 24.3 Å². The summed E-state index contributed by atoms with van der Waals surface area (Å²) in [5, 5.41) is 8.46. The van der Waals surface area contributed by atoms with E-state index in [0.717, 1.165) is 0 Å². The molecule has 0 bridgehead atoms. The Morgan fingerprint density at radius 2 is 1.48 bits per heavy atom. The summed E-state index contributed by atoms with van der Waals surface area (Å²) < 4.78 is 0. The van der Waals surface area contributed by atoms with E-state index in [1.165, 1.54) is 19.3 Å². The topological polar surface area (TPSA) is 96.0 Å². The minimum absolute atomic E-state index is 0.144. The zero-order chi connectivity index (χ0) is 16.8. The molecule has 0 saturated heterocycles. The smallest absolute Gasteiger partial charge is 0.258 e. The van der Waals surface area contributed by atoms with Gasteiger partial charge in [0.25, 0.3) is 5.91 Å². The van der Waals surface area contributed by atoms with Crippen molar-refractivity contribution in [3.8, 4) is 0 Å². The summed E-state index contributed by atoms with van der Waals surface area (Å²) in [7, 11) is 0. The highest BCUT2D eigenvalue weighted by Gasteiger charge is 2.08. The van der Waals surface area contributed by atoms with Gasteiger partial charge in [0.1, 0.15) is 0 Å². The van der Waals surface area contributed by atoms with Crippen LogP contribution < -0.4 is 16.0 Å². The van der Waals surface area contributed by atoms with Crippen molar-refractivity contribution in [2.24, 2.45) is 0 Å². The largest absolute Gasteiger partial charge is 0.352 e. The minimum Gasteiger partial charge on any atom is -0.352 e. The van der Waals surface area contributed by atoms with Crippen LogP contribution in [0.25, 0.3) is 0 Å². The molecule has 1 aromatic heterocycles. The summed E-state index contributed by atoms with van der Waals surface area (Å²) in [5.41, 5.74) is 1.65. The summed E-state index contributed by atoms with van der Waals surface area (Å²) >= 11 is 0. The first-order valence-electron chi connectivity index (χ1n) is 7.21. The Morgan fingerprint density at radius 3 is 1.96 bits per heavy atom. The number of amides is 2. The maximum absolute atomic E-state index is 12.1. The molecule has 3 N–H and O–H groups in total. The third kappa shape index (κ3) is 5.06. The second-order valence-electron chi connectivity index (χ2n) is 5.31. The van der Waals surface area contributed by atoms with Crippen molar-refractivity contribution < 1.29 is 9.59 Å². The van der Waals surface area contributed by atoms with Crippen molar-refractivity contribution >= 4 is 29.1 Å². The number of nitrogens with one attached hydrogen (secondary N) is 3. The van der Waals surface area contributed by atoms with Crippen LogP contribution in [-0.4, -0.2) is 27.8 Å². The SMILES string of the molecule is CC(=O)Nc1ccc(NC(=O)c2cnc(NC(C)C)nc2)cc1. The fourth-order valence-electron chi connectivity index (χ4n) is 1.82. The Morgan fingerprint density at radius 1 is 0.957 bits per heavy atom. The lowest BCUT2D eigenvalue weighted by molar-refractivity contribution is -0.114. The molecule has 0 saturated carbocycles. The van der Waals surface area contributed by atoms with Gasteiger partial charge >= 0.3 is 0 Å². The van der Waals surface area contributed by atoms with Gasteiger partial charge in [0.15, 0.2) is 0 Å². The van der Waals surface area contributed by atoms with Gasteiger partial charge in [-0.15, -0.1) is 0 Å². The molecule has 1 aromatic carbocycles. The van der Waals surface area contributed by atoms with Crippen molar-refractivity contribution in [2.45, 2.75) is 26.8 Å². The normalized spacial score (nSPS) is 10.3. The van der Waals surface area contributed by atoms with Gasteiger partial charge in [-0.2, -0.15) is 0 Å². The second kappa shape index (κ2) is 7.35. The van der Waals surface area contributed by atoms with Gasteiger partial charge in [-0.1, -0.05) is 0 Å². The molecule has 0 aliphatic heterocycles. The Kier molecular flexibility index (Phi) is 5.24. The number of carbonyl (C=O) groups excluding carboxylic acids is 2. The minimum atomic E-state index is -0.298. The first kappa shape index (κ1) is 16.4. The van der Waals surface area contributed by atoms with Gasteiger partial charge in [0.2, 0.25) is 11.9 Å². The zero-order valence-corrected chi connectivity index (χ0v) is 13.3. The van der Waals surface area contributed by atoms with Crippen molar-refractivity contribution in [3.05, 3.63) is 42.2 Å². The second-order valence-corrected chi connectivity index (χ2v) is 5.31. The number of rotatable bonds is 5. The third-order valence-corrected chi connectivity index (χ3v) is 2.79. The highest BCUT2D eigenvalue weighted by atomic mass is 16.2. The van der Waals surface area contributed by atoms with Crippen LogP contribution in [-0.2, 0) is 4.79 Å². The lowest BCUT2D eigenvalue weighted by Gasteiger charge is -2.09. The van der Waals surface area contributed by atoms with Crippen LogP contribution in [0.15, 0.2) is 36.7 Å². The van der Waals surface area contributed by atoms with Gasteiger partial charge in [0.05, 0.1) is 5.56 Å². The van der Waals surface area contributed by atoms with Crippen molar-refractivity contribution in [2.75, 3.05) is 16.0 Å². The molecule has 0 atom stereocenters. The molecule has 1 heterocycles. The average molecular weight is 313 g/mol. The maximum atomic E-state index is 12.1. The van der Waals surface area contributed by atoms with E-state index < -0.39 is 0 Å². The molecule has 0 fully saturated rings. The number of aromatic nitrogens is 2. The Hall–Kier alpha value is -2.96. The van der Waals surface area contributed by atoms with Crippen LogP contribution >= 0.6 is 0 Å². The number of hydrogen-bond donors (Lipinski definition) is 3. The zero-order valence-electron chi connectivity index (χ0n) is 13.3.